The molecule has 1 unspecified atom stereocenters. The molecule has 98 valence electrons. The summed E-state index contributed by atoms with van der Waals surface area (Å²) in [6.45, 7) is 1.72. The summed E-state index contributed by atoms with van der Waals surface area (Å²) >= 11 is 2.19. The van der Waals surface area contributed by atoms with Crippen LogP contribution in [0.25, 0.3) is 0 Å². The van der Waals surface area contributed by atoms with Crippen molar-refractivity contribution >= 4 is 28.5 Å². The molecule has 0 aromatic heterocycles. The Balaban J connectivity index is 2.00. The fraction of sp³-hybridized carbons (Fsp3) is 0.462. The number of hydrogen-bond acceptors (Lipinski definition) is 3. The number of halogens is 1. The van der Waals surface area contributed by atoms with Crippen molar-refractivity contribution in [3.63, 3.8) is 0 Å². The van der Waals surface area contributed by atoms with E-state index in [4.69, 9.17) is 4.74 Å². The first-order valence-corrected chi connectivity index (χ1v) is 7.13. The molecule has 1 aliphatic rings. The molecule has 1 heterocycles. The number of nitrogens with one attached hydrogen (secondary N) is 2. The number of hydrogen-bond donors (Lipinski definition) is 2. The second-order valence-corrected chi connectivity index (χ2v) is 5.59. The number of methoxy groups -OCH3 is 1. The molecule has 4 nitrogen and oxygen atoms in total. The molecule has 2 rings (SSSR count). The van der Waals surface area contributed by atoms with E-state index in [9.17, 15) is 4.79 Å². The minimum Gasteiger partial charge on any atom is -0.496 e. The minimum absolute atomic E-state index is 0.0703. The Bertz CT molecular complexity index is 431. The number of benzene rings is 1. The molecule has 5 heteroatoms. The molecule has 2 N–H and O–H groups in total. The van der Waals surface area contributed by atoms with Gasteiger partial charge in [0.2, 0.25) is 0 Å². The van der Waals surface area contributed by atoms with Gasteiger partial charge in [0.1, 0.15) is 5.75 Å². The lowest BCUT2D eigenvalue weighted by molar-refractivity contribution is 0.0947. The van der Waals surface area contributed by atoms with Crippen molar-refractivity contribution in [1.29, 1.82) is 0 Å². The van der Waals surface area contributed by atoms with Crippen LogP contribution in [0.3, 0.4) is 0 Å². The van der Waals surface area contributed by atoms with Crippen LogP contribution in [0.4, 0.5) is 0 Å². The third-order valence-electron chi connectivity index (χ3n) is 3.08. The third-order valence-corrected chi connectivity index (χ3v) is 3.75. The highest BCUT2D eigenvalue weighted by Gasteiger charge is 2.17. The highest BCUT2D eigenvalue weighted by Crippen LogP contribution is 2.20. The van der Waals surface area contributed by atoms with Gasteiger partial charge >= 0.3 is 0 Å². The average molecular weight is 360 g/mol. The first-order chi connectivity index (χ1) is 8.70. The lowest BCUT2D eigenvalue weighted by atomic mass is 10.1. The van der Waals surface area contributed by atoms with Crippen LogP contribution in [0.15, 0.2) is 18.2 Å². The first kappa shape index (κ1) is 13.6. The van der Waals surface area contributed by atoms with Crippen LogP contribution < -0.4 is 15.4 Å². The molecular formula is C13H17IN2O2. The molecule has 1 fully saturated rings. The number of carbonyl (C=O) groups excluding carboxylic acids is 1. The number of rotatable bonds is 4. The number of amides is 1. The molecule has 0 bridgehead atoms. The number of carbonyl (C=O) groups is 1. The maximum absolute atomic E-state index is 12.1. The van der Waals surface area contributed by atoms with Crippen molar-refractivity contribution in [2.75, 3.05) is 20.2 Å². The van der Waals surface area contributed by atoms with Gasteiger partial charge in [-0.2, -0.15) is 0 Å². The largest absolute Gasteiger partial charge is 0.496 e. The van der Waals surface area contributed by atoms with Gasteiger partial charge in [0.25, 0.3) is 5.91 Å². The van der Waals surface area contributed by atoms with E-state index in [1.165, 1.54) is 6.42 Å². The zero-order valence-corrected chi connectivity index (χ0v) is 12.5. The summed E-state index contributed by atoms with van der Waals surface area (Å²) in [6, 6.07) is 6.00. The fourth-order valence-corrected chi connectivity index (χ4v) is 2.59. The highest BCUT2D eigenvalue weighted by molar-refractivity contribution is 14.1. The maximum Gasteiger partial charge on any atom is 0.255 e. The Hall–Kier alpha value is -0.820. The van der Waals surface area contributed by atoms with Crippen LogP contribution in [0.5, 0.6) is 5.75 Å². The van der Waals surface area contributed by atoms with E-state index < -0.39 is 0 Å². The Morgan fingerprint density at radius 2 is 2.44 bits per heavy atom. The van der Waals surface area contributed by atoms with Crippen molar-refractivity contribution < 1.29 is 9.53 Å². The third kappa shape index (κ3) is 3.35. The summed E-state index contributed by atoms with van der Waals surface area (Å²) < 4.78 is 6.24. The fourth-order valence-electron chi connectivity index (χ4n) is 2.10. The predicted octanol–water partition coefficient (Wildman–Crippen LogP) is 1.78. The molecule has 1 amide bonds. The summed E-state index contributed by atoms with van der Waals surface area (Å²) in [4.78, 5) is 12.1. The quantitative estimate of drug-likeness (QED) is 0.805. The summed E-state index contributed by atoms with van der Waals surface area (Å²) in [5.41, 5.74) is 0.599. The normalized spacial score (nSPS) is 18.7. The second-order valence-electron chi connectivity index (χ2n) is 4.35. The summed E-state index contributed by atoms with van der Waals surface area (Å²) in [6.07, 6.45) is 2.32. The van der Waals surface area contributed by atoms with Crippen LogP contribution >= 0.6 is 22.6 Å². The average Bonchev–Trinajstić information content (AvgIpc) is 2.89. The molecule has 1 aliphatic heterocycles. The summed E-state index contributed by atoms with van der Waals surface area (Å²) in [5, 5.41) is 6.31. The van der Waals surface area contributed by atoms with Gasteiger partial charge in [-0.25, -0.2) is 0 Å². The maximum atomic E-state index is 12.1. The van der Waals surface area contributed by atoms with Gasteiger partial charge in [-0.3, -0.25) is 4.79 Å². The van der Waals surface area contributed by atoms with Gasteiger partial charge < -0.3 is 15.4 Å². The van der Waals surface area contributed by atoms with Gasteiger partial charge in [0.15, 0.2) is 0 Å². The zero-order valence-electron chi connectivity index (χ0n) is 10.3. The summed E-state index contributed by atoms with van der Waals surface area (Å²) in [7, 11) is 1.58. The van der Waals surface area contributed by atoms with Crippen LogP contribution in [0, 0.1) is 3.57 Å². The highest BCUT2D eigenvalue weighted by atomic mass is 127. The van der Waals surface area contributed by atoms with E-state index in [1.807, 2.05) is 18.2 Å². The van der Waals surface area contributed by atoms with Crippen molar-refractivity contribution in [3.8, 4) is 5.75 Å². The van der Waals surface area contributed by atoms with Crippen LogP contribution in [-0.2, 0) is 0 Å². The van der Waals surface area contributed by atoms with Crippen molar-refractivity contribution in [1.82, 2.24) is 10.6 Å². The number of ether oxygens (including phenoxy) is 1. The van der Waals surface area contributed by atoms with E-state index >= 15 is 0 Å². The lowest BCUT2D eigenvalue weighted by Crippen LogP contribution is -2.37. The first-order valence-electron chi connectivity index (χ1n) is 6.06. The van der Waals surface area contributed by atoms with Gasteiger partial charge in [-0.05, 0) is 60.2 Å². The van der Waals surface area contributed by atoms with Gasteiger partial charge in [-0.15, -0.1) is 0 Å². The Labute approximate surface area is 121 Å². The smallest absolute Gasteiger partial charge is 0.255 e. The van der Waals surface area contributed by atoms with Crippen LogP contribution in [-0.4, -0.2) is 32.1 Å². The van der Waals surface area contributed by atoms with E-state index in [0.29, 0.717) is 23.9 Å². The molecule has 0 aliphatic carbocycles. The van der Waals surface area contributed by atoms with Crippen molar-refractivity contribution in [2.45, 2.75) is 18.9 Å². The van der Waals surface area contributed by atoms with Gasteiger partial charge in [0, 0.05) is 16.2 Å². The Morgan fingerprint density at radius 3 is 3.11 bits per heavy atom. The van der Waals surface area contributed by atoms with E-state index in [1.54, 1.807) is 7.11 Å². The topological polar surface area (TPSA) is 50.4 Å². The molecule has 0 saturated carbocycles. The van der Waals surface area contributed by atoms with Crippen LogP contribution in [0.1, 0.15) is 23.2 Å². The molecular weight excluding hydrogens is 343 g/mol. The minimum atomic E-state index is -0.0703. The summed E-state index contributed by atoms with van der Waals surface area (Å²) in [5.74, 6) is 0.548. The van der Waals surface area contributed by atoms with Crippen LogP contribution in [0.2, 0.25) is 0 Å². The van der Waals surface area contributed by atoms with Gasteiger partial charge in [-0.1, -0.05) is 0 Å². The predicted molar refractivity (Wildman–Crippen MR) is 79.1 cm³/mol. The Kier molecular flexibility index (Phi) is 4.82. The van der Waals surface area contributed by atoms with Gasteiger partial charge in [0.05, 0.1) is 12.7 Å². The zero-order chi connectivity index (χ0) is 13.0. The molecule has 18 heavy (non-hydrogen) atoms. The standard InChI is InChI=1S/C13H17IN2O2/c1-18-12-5-4-9(14)7-11(12)13(17)16-8-10-3-2-6-15-10/h4-5,7,10,15H,2-3,6,8H2,1H3,(H,16,17). The molecule has 1 aromatic carbocycles. The van der Waals surface area contributed by atoms with E-state index in [0.717, 1.165) is 16.5 Å². The monoisotopic (exact) mass is 360 g/mol. The molecule has 1 saturated heterocycles. The van der Waals surface area contributed by atoms with Crippen molar-refractivity contribution in [3.05, 3.63) is 27.3 Å². The molecule has 0 radical (unpaired) electrons. The van der Waals surface area contributed by atoms with E-state index in [2.05, 4.69) is 33.2 Å². The SMILES string of the molecule is COc1ccc(I)cc1C(=O)NCC1CCCN1. The lowest BCUT2D eigenvalue weighted by Gasteiger charge is -2.13. The molecule has 1 atom stereocenters. The molecule has 1 aromatic rings. The Morgan fingerprint density at radius 1 is 1.61 bits per heavy atom. The van der Waals surface area contributed by atoms with Crippen molar-refractivity contribution in [2.24, 2.45) is 0 Å². The van der Waals surface area contributed by atoms with E-state index in [-0.39, 0.29) is 5.91 Å². The molecule has 0 spiro atoms. The second kappa shape index (κ2) is 6.38.